The molecule has 1 aliphatic heterocycles. The van der Waals surface area contributed by atoms with E-state index in [2.05, 4.69) is 15.5 Å². The van der Waals surface area contributed by atoms with Crippen LogP contribution >= 0.6 is 0 Å². The number of ether oxygens (including phenoxy) is 1. The maximum absolute atomic E-state index is 15.0. The smallest absolute Gasteiger partial charge is 0.284 e. The number of carbonyl (C=O) groups excluding carboxylic acids is 1. The fraction of sp³-hybridized carbons (Fsp3) is 0.308. The van der Waals surface area contributed by atoms with Gasteiger partial charge in [0.1, 0.15) is 22.5 Å². The van der Waals surface area contributed by atoms with Crippen LogP contribution in [0.1, 0.15) is 30.6 Å². The van der Waals surface area contributed by atoms with E-state index in [0.29, 0.717) is 24.2 Å². The van der Waals surface area contributed by atoms with Gasteiger partial charge in [0, 0.05) is 43.8 Å². The highest BCUT2D eigenvalue weighted by Gasteiger charge is 2.27. The number of rotatable bonds is 5. The molecule has 1 unspecified atom stereocenters. The quantitative estimate of drug-likeness (QED) is 0.411. The Kier molecular flexibility index (Phi) is 7.72. The van der Waals surface area contributed by atoms with Gasteiger partial charge < -0.3 is 20.7 Å². The number of nitrogens with zero attached hydrogens (tertiary/aromatic N) is 5. The lowest BCUT2D eigenvalue weighted by Crippen LogP contribution is -2.31. The van der Waals surface area contributed by atoms with Crippen LogP contribution < -0.4 is 26.2 Å². The molecule has 1 saturated heterocycles. The molecule has 2 aromatic carbocycles. The number of methoxy groups -OCH3 is 1. The van der Waals surface area contributed by atoms with E-state index in [1.54, 1.807) is 7.05 Å². The number of amides is 1. The van der Waals surface area contributed by atoms with Gasteiger partial charge in [0.2, 0.25) is 0 Å². The number of anilines is 2. The summed E-state index contributed by atoms with van der Waals surface area (Å²) in [5.74, 6) is -2.08. The van der Waals surface area contributed by atoms with E-state index in [4.69, 9.17) is 10.5 Å². The number of benzene rings is 2. The molecule has 0 radical (unpaired) electrons. The van der Waals surface area contributed by atoms with E-state index in [1.807, 2.05) is 18.7 Å². The van der Waals surface area contributed by atoms with E-state index in [1.165, 1.54) is 48.5 Å². The third-order valence-electron chi connectivity index (χ3n) is 6.21. The number of halogens is 2. The topological polar surface area (TPSA) is 120 Å². The summed E-state index contributed by atoms with van der Waals surface area (Å²) in [4.78, 5) is 28.4. The summed E-state index contributed by atoms with van der Waals surface area (Å²) in [6.07, 6.45) is 3.46. The molecule has 3 N–H and O–H groups in total. The molecule has 4 aromatic rings. The predicted molar refractivity (Wildman–Crippen MR) is 141 cm³/mol. The van der Waals surface area contributed by atoms with Crippen molar-refractivity contribution in [2.45, 2.75) is 26.3 Å². The van der Waals surface area contributed by atoms with Crippen molar-refractivity contribution in [3.05, 3.63) is 70.3 Å². The average molecular weight is 526 g/mol. The first-order valence-electron chi connectivity index (χ1n) is 12.2. The zero-order chi connectivity index (χ0) is 27.6. The Morgan fingerprint density at radius 1 is 1.16 bits per heavy atom. The van der Waals surface area contributed by atoms with Crippen LogP contribution in [0.3, 0.4) is 0 Å². The Morgan fingerprint density at radius 2 is 1.92 bits per heavy atom. The van der Waals surface area contributed by atoms with Crippen LogP contribution in [-0.4, -0.2) is 51.7 Å². The lowest BCUT2D eigenvalue weighted by atomic mass is 10.1. The number of para-hydroxylation sites is 1. The third kappa shape index (κ3) is 4.70. The maximum Gasteiger partial charge on any atom is 0.284 e. The van der Waals surface area contributed by atoms with Crippen molar-refractivity contribution in [2.75, 3.05) is 30.4 Å². The largest absolute Gasteiger partial charge is 0.494 e. The van der Waals surface area contributed by atoms with Gasteiger partial charge in [0.05, 0.1) is 24.7 Å². The number of fused-ring (bicyclic) bond motifs is 1. The van der Waals surface area contributed by atoms with Crippen LogP contribution in [0.15, 0.2) is 47.5 Å². The fourth-order valence-electron chi connectivity index (χ4n) is 4.53. The standard InChI is InChI=1S/C24H23F2N7O3.C2H6/c1-31-20-15(11-29-31)21(32-9-7-13(27)12-32)18(10-17(20)26)30-23(34)14-6-8-28-33(24(14)35)22-16(25)4-3-5-19(22)36-2;1-2/h3-6,8,10-11,13H,7,9,12,27H2,1-2H3,(H,30,34);1-2H3. The van der Waals surface area contributed by atoms with Gasteiger partial charge in [-0.05, 0) is 24.6 Å². The number of carbonyl (C=O) groups is 1. The second-order valence-electron chi connectivity index (χ2n) is 8.49. The van der Waals surface area contributed by atoms with Crippen LogP contribution in [0, 0.1) is 11.6 Å². The minimum atomic E-state index is -0.869. The molecule has 10 nitrogen and oxygen atoms in total. The van der Waals surface area contributed by atoms with Gasteiger partial charge in [-0.2, -0.15) is 14.9 Å². The van der Waals surface area contributed by atoms with Crippen molar-refractivity contribution in [1.29, 1.82) is 0 Å². The molecule has 200 valence electrons. The zero-order valence-electron chi connectivity index (χ0n) is 21.5. The van der Waals surface area contributed by atoms with E-state index >= 15 is 4.39 Å². The Morgan fingerprint density at radius 3 is 2.61 bits per heavy atom. The van der Waals surface area contributed by atoms with Crippen molar-refractivity contribution >= 4 is 28.2 Å². The number of aryl methyl sites for hydroxylation is 1. The van der Waals surface area contributed by atoms with E-state index in [9.17, 15) is 14.0 Å². The van der Waals surface area contributed by atoms with E-state index in [0.717, 1.165) is 17.2 Å². The van der Waals surface area contributed by atoms with E-state index in [-0.39, 0.29) is 34.2 Å². The molecule has 0 aliphatic carbocycles. The van der Waals surface area contributed by atoms with Crippen molar-refractivity contribution in [3.8, 4) is 11.4 Å². The molecule has 0 bridgehead atoms. The molecular formula is C26H29F2N7O3. The zero-order valence-corrected chi connectivity index (χ0v) is 21.5. The minimum Gasteiger partial charge on any atom is -0.494 e. The summed E-state index contributed by atoms with van der Waals surface area (Å²) in [5.41, 5.74) is 5.69. The Labute approximate surface area is 217 Å². The molecule has 0 spiro atoms. The SMILES string of the molecule is CC.COc1cccc(F)c1-n1nccc(C(=O)Nc2cc(F)c3c(cnn3C)c2N2CCC(N)C2)c1=O. The molecule has 38 heavy (non-hydrogen) atoms. The second kappa shape index (κ2) is 11.0. The summed E-state index contributed by atoms with van der Waals surface area (Å²) in [5, 5.41) is 11.3. The number of hydrogen-bond acceptors (Lipinski definition) is 7. The summed E-state index contributed by atoms with van der Waals surface area (Å²) in [7, 11) is 2.95. The van der Waals surface area contributed by atoms with Gasteiger partial charge >= 0.3 is 0 Å². The minimum absolute atomic E-state index is 0.0684. The molecule has 5 rings (SSSR count). The number of aromatic nitrogens is 4. The van der Waals surface area contributed by atoms with E-state index < -0.39 is 23.1 Å². The first-order valence-corrected chi connectivity index (χ1v) is 12.2. The maximum atomic E-state index is 15.0. The summed E-state index contributed by atoms with van der Waals surface area (Å²) >= 11 is 0. The Bertz CT molecular complexity index is 1550. The van der Waals surface area contributed by atoms with Gasteiger partial charge in [0.25, 0.3) is 11.5 Å². The summed E-state index contributed by atoms with van der Waals surface area (Å²) in [6, 6.07) is 6.38. The van der Waals surface area contributed by atoms with Crippen LogP contribution in [-0.2, 0) is 7.05 Å². The van der Waals surface area contributed by atoms with Gasteiger partial charge in [-0.25, -0.2) is 8.78 Å². The van der Waals surface area contributed by atoms with Crippen LogP contribution in [0.2, 0.25) is 0 Å². The molecule has 2 aromatic heterocycles. The van der Waals surface area contributed by atoms with Crippen molar-refractivity contribution in [3.63, 3.8) is 0 Å². The van der Waals surface area contributed by atoms with Gasteiger partial charge in [-0.3, -0.25) is 14.3 Å². The highest BCUT2D eigenvalue weighted by molar-refractivity contribution is 6.09. The number of hydrogen-bond donors (Lipinski definition) is 2. The van der Waals surface area contributed by atoms with Gasteiger partial charge in [-0.15, -0.1) is 0 Å². The first kappa shape index (κ1) is 26.7. The number of nitrogens with two attached hydrogens (primary N) is 1. The highest BCUT2D eigenvalue weighted by Crippen LogP contribution is 2.38. The second-order valence-corrected chi connectivity index (χ2v) is 8.49. The monoisotopic (exact) mass is 525 g/mol. The molecule has 1 atom stereocenters. The van der Waals surface area contributed by atoms with Crippen molar-refractivity contribution in [2.24, 2.45) is 12.8 Å². The van der Waals surface area contributed by atoms with Crippen molar-refractivity contribution in [1.82, 2.24) is 19.6 Å². The Balaban J connectivity index is 0.00000164. The fourth-order valence-corrected chi connectivity index (χ4v) is 4.53. The third-order valence-corrected chi connectivity index (χ3v) is 6.21. The van der Waals surface area contributed by atoms with Crippen LogP contribution in [0.5, 0.6) is 5.75 Å². The molecule has 1 amide bonds. The first-order chi connectivity index (χ1) is 18.3. The molecule has 3 heterocycles. The predicted octanol–water partition coefficient (Wildman–Crippen LogP) is 3.22. The average Bonchev–Trinajstić information content (AvgIpc) is 3.51. The lowest BCUT2D eigenvalue weighted by molar-refractivity contribution is 0.102. The highest BCUT2D eigenvalue weighted by atomic mass is 19.1. The normalized spacial score (nSPS) is 14.8. The van der Waals surface area contributed by atoms with Crippen molar-refractivity contribution < 1.29 is 18.3 Å². The molecule has 1 fully saturated rings. The molecule has 0 saturated carbocycles. The summed E-state index contributed by atoms with van der Waals surface area (Å²) in [6.45, 7) is 5.11. The Hall–Kier alpha value is -4.32. The molecular weight excluding hydrogens is 496 g/mol. The van der Waals surface area contributed by atoms with Crippen LogP contribution in [0.4, 0.5) is 20.2 Å². The number of nitrogens with one attached hydrogen (secondary N) is 1. The summed E-state index contributed by atoms with van der Waals surface area (Å²) < 4.78 is 37.0. The van der Waals surface area contributed by atoms with Gasteiger partial charge in [0.15, 0.2) is 11.6 Å². The molecule has 1 aliphatic rings. The van der Waals surface area contributed by atoms with Crippen LogP contribution in [0.25, 0.3) is 16.6 Å². The lowest BCUT2D eigenvalue weighted by Gasteiger charge is -2.23. The van der Waals surface area contributed by atoms with Gasteiger partial charge in [-0.1, -0.05) is 19.9 Å². The molecule has 12 heteroatoms.